The molecule has 1 aromatic carbocycles. The molecule has 0 bridgehead atoms. The number of carbonyl (C=O) groups is 1. The van der Waals surface area contributed by atoms with E-state index in [-0.39, 0.29) is 0 Å². The second-order valence-corrected chi connectivity index (χ2v) is 4.34. The van der Waals surface area contributed by atoms with Gasteiger partial charge in [-0.2, -0.15) is 0 Å². The van der Waals surface area contributed by atoms with Gasteiger partial charge in [0.1, 0.15) is 16.3 Å². The number of aliphatic carboxylic acids is 1. The van der Waals surface area contributed by atoms with Crippen LogP contribution >= 0.6 is 15.9 Å². The van der Waals surface area contributed by atoms with E-state index in [0.29, 0.717) is 17.9 Å². The summed E-state index contributed by atoms with van der Waals surface area (Å²) in [6.07, 6.45) is 0.378. The molecule has 1 rings (SSSR count). The lowest BCUT2D eigenvalue weighted by Crippen LogP contribution is -2.15. The van der Waals surface area contributed by atoms with E-state index in [1.807, 2.05) is 0 Å². The largest absolute Gasteiger partial charge is 0.497 e. The SMILES string of the molecule is COc1cc(CC(Br)C(=O)O)cc(OC)c1. The number of alkyl halides is 1. The molecule has 0 spiro atoms. The van der Waals surface area contributed by atoms with E-state index in [0.717, 1.165) is 5.56 Å². The summed E-state index contributed by atoms with van der Waals surface area (Å²) in [6.45, 7) is 0. The zero-order chi connectivity index (χ0) is 12.1. The van der Waals surface area contributed by atoms with Crippen molar-refractivity contribution in [2.75, 3.05) is 14.2 Å². The maximum atomic E-state index is 10.7. The number of ether oxygens (including phenoxy) is 2. The normalized spacial score (nSPS) is 11.9. The summed E-state index contributed by atoms with van der Waals surface area (Å²) < 4.78 is 10.2. The van der Waals surface area contributed by atoms with Crippen LogP contribution in [0.5, 0.6) is 11.5 Å². The first kappa shape index (κ1) is 12.8. The third-order valence-corrected chi connectivity index (χ3v) is 2.81. The second kappa shape index (κ2) is 5.75. The van der Waals surface area contributed by atoms with Crippen LogP contribution < -0.4 is 9.47 Å². The summed E-state index contributed by atoms with van der Waals surface area (Å²) in [6, 6.07) is 5.33. The third-order valence-electron chi connectivity index (χ3n) is 2.09. The fourth-order valence-electron chi connectivity index (χ4n) is 1.28. The molecule has 1 atom stereocenters. The summed E-state index contributed by atoms with van der Waals surface area (Å²) in [7, 11) is 3.11. The topological polar surface area (TPSA) is 55.8 Å². The summed E-state index contributed by atoms with van der Waals surface area (Å²) in [5.74, 6) is 0.417. The van der Waals surface area contributed by atoms with Crippen molar-refractivity contribution in [2.24, 2.45) is 0 Å². The minimum atomic E-state index is -0.887. The van der Waals surface area contributed by atoms with Gasteiger partial charge in [-0.25, -0.2) is 0 Å². The van der Waals surface area contributed by atoms with Crippen molar-refractivity contribution in [1.29, 1.82) is 0 Å². The quantitative estimate of drug-likeness (QED) is 0.843. The molecule has 0 aliphatic heterocycles. The van der Waals surface area contributed by atoms with Crippen molar-refractivity contribution in [3.8, 4) is 11.5 Å². The van der Waals surface area contributed by atoms with Crippen molar-refractivity contribution in [1.82, 2.24) is 0 Å². The van der Waals surface area contributed by atoms with Crippen LogP contribution in [0.2, 0.25) is 0 Å². The Morgan fingerprint density at radius 1 is 1.31 bits per heavy atom. The van der Waals surface area contributed by atoms with Gasteiger partial charge in [0.05, 0.1) is 14.2 Å². The standard InChI is InChI=1S/C11H13BrO4/c1-15-8-3-7(4-9(6-8)16-2)5-10(12)11(13)14/h3-4,6,10H,5H2,1-2H3,(H,13,14). The Balaban J connectivity index is 2.90. The molecule has 0 saturated heterocycles. The Hall–Kier alpha value is -1.23. The monoisotopic (exact) mass is 288 g/mol. The van der Waals surface area contributed by atoms with E-state index in [9.17, 15) is 4.79 Å². The number of rotatable bonds is 5. The van der Waals surface area contributed by atoms with Crippen molar-refractivity contribution < 1.29 is 19.4 Å². The number of methoxy groups -OCH3 is 2. The molecule has 88 valence electrons. The van der Waals surface area contributed by atoms with Crippen LogP contribution in [0.4, 0.5) is 0 Å². The lowest BCUT2D eigenvalue weighted by molar-refractivity contribution is -0.136. The van der Waals surface area contributed by atoms with E-state index in [4.69, 9.17) is 14.6 Å². The molecule has 5 heteroatoms. The Morgan fingerprint density at radius 3 is 2.19 bits per heavy atom. The molecule has 0 fully saturated rings. The molecule has 4 nitrogen and oxygen atoms in total. The van der Waals surface area contributed by atoms with Gasteiger partial charge in [0.2, 0.25) is 0 Å². The molecule has 1 aromatic rings. The molecular formula is C11H13BrO4. The predicted molar refractivity (Wildman–Crippen MR) is 63.6 cm³/mol. The lowest BCUT2D eigenvalue weighted by atomic mass is 10.1. The number of hydrogen-bond acceptors (Lipinski definition) is 3. The molecule has 0 radical (unpaired) electrons. The van der Waals surface area contributed by atoms with E-state index >= 15 is 0 Å². The van der Waals surface area contributed by atoms with E-state index in [2.05, 4.69) is 15.9 Å². The van der Waals surface area contributed by atoms with E-state index < -0.39 is 10.8 Å². The molecule has 0 saturated carbocycles. The van der Waals surface area contributed by atoms with Crippen LogP contribution in [0.1, 0.15) is 5.56 Å². The highest BCUT2D eigenvalue weighted by Gasteiger charge is 2.14. The summed E-state index contributed by atoms with van der Waals surface area (Å²) in [5.41, 5.74) is 0.848. The Labute approximate surface area is 102 Å². The lowest BCUT2D eigenvalue weighted by Gasteiger charge is -2.09. The van der Waals surface area contributed by atoms with Gasteiger partial charge >= 0.3 is 5.97 Å². The summed E-state index contributed by atoms with van der Waals surface area (Å²) in [5, 5.41) is 8.79. The van der Waals surface area contributed by atoms with Crippen LogP contribution in [-0.4, -0.2) is 30.1 Å². The molecule has 0 aliphatic carbocycles. The zero-order valence-electron chi connectivity index (χ0n) is 9.07. The average molecular weight is 289 g/mol. The summed E-state index contributed by atoms with van der Waals surface area (Å²) >= 11 is 3.09. The van der Waals surface area contributed by atoms with E-state index in [1.54, 1.807) is 32.4 Å². The number of benzene rings is 1. The van der Waals surface area contributed by atoms with E-state index in [1.165, 1.54) is 0 Å². The molecule has 0 amide bonds. The zero-order valence-corrected chi connectivity index (χ0v) is 10.7. The third kappa shape index (κ3) is 3.41. The first-order valence-corrected chi connectivity index (χ1v) is 5.57. The summed E-state index contributed by atoms with van der Waals surface area (Å²) in [4.78, 5) is 10.1. The number of halogens is 1. The first-order valence-electron chi connectivity index (χ1n) is 4.65. The molecule has 1 unspecified atom stereocenters. The second-order valence-electron chi connectivity index (χ2n) is 3.23. The van der Waals surface area contributed by atoms with Gasteiger partial charge in [-0.05, 0) is 24.1 Å². The van der Waals surface area contributed by atoms with Gasteiger partial charge in [-0.1, -0.05) is 15.9 Å². The van der Waals surface area contributed by atoms with Crippen LogP contribution in [0, 0.1) is 0 Å². The molecule has 0 aliphatic rings. The fourth-order valence-corrected chi connectivity index (χ4v) is 1.65. The minimum Gasteiger partial charge on any atom is -0.497 e. The Morgan fingerprint density at radius 2 is 1.81 bits per heavy atom. The highest BCUT2D eigenvalue weighted by molar-refractivity contribution is 9.10. The van der Waals surface area contributed by atoms with Crippen molar-refractivity contribution in [3.05, 3.63) is 23.8 Å². The molecule has 1 N–H and O–H groups in total. The predicted octanol–water partition coefficient (Wildman–Crippen LogP) is 2.09. The van der Waals surface area contributed by atoms with Crippen LogP contribution in [0.3, 0.4) is 0 Å². The van der Waals surface area contributed by atoms with Crippen LogP contribution in [-0.2, 0) is 11.2 Å². The number of carboxylic acids is 1. The Bertz CT molecular complexity index is 356. The number of carboxylic acid groups (broad SMARTS) is 1. The van der Waals surface area contributed by atoms with Crippen molar-refractivity contribution in [3.63, 3.8) is 0 Å². The maximum Gasteiger partial charge on any atom is 0.317 e. The van der Waals surface area contributed by atoms with Gasteiger partial charge < -0.3 is 14.6 Å². The highest BCUT2D eigenvalue weighted by Crippen LogP contribution is 2.24. The molecule has 0 heterocycles. The molecular weight excluding hydrogens is 276 g/mol. The van der Waals surface area contributed by atoms with Gasteiger partial charge in [-0.3, -0.25) is 4.79 Å². The van der Waals surface area contributed by atoms with Crippen molar-refractivity contribution in [2.45, 2.75) is 11.2 Å². The highest BCUT2D eigenvalue weighted by atomic mass is 79.9. The van der Waals surface area contributed by atoms with Crippen LogP contribution in [0.25, 0.3) is 0 Å². The van der Waals surface area contributed by atoms with Gasteiger partial charge in [-0.15, -0.1) is 0 Å². The smallest absolute Gasteiger partial charge is 0.317 e. The van der Waals surface area contributed by atoms with Gasteiger partial charge in [0.15, 0.2) is 0 Å². The fraction of sp³-hybridized carbons (Fsp3) is 0.364. The Kier molecular flexibility index (Phi) is 4.61. The first-order chi connectivity index (χ1) is 7.56. The minimum absolute atomic E-state index is 0.378. The van der Waals surface area contributed by atoms with Gasteiger partial charge in [0.25, 0.3) is 0 Å². The number of hydrogen-bond donors (Lipinski definition) is 1. The average Bonchev–Trinajstić information content (AvgIpc) is 2.28. The van der Waals surface area contributed by atoms with Gasteiger partial charge in [0, 0.05) is 6.07 Å². The maximum absolute atomic E-state index is 10.7. The molecule has 0 aromatic heterocycles. The van der Waals surface area contributed by atoms with Crippen LogP contribution in [0.15, 0.2) is 18.2 Å². The molecule has 16 heavy (non-hydrogen) atoms. The van der Waals surface area contributed by atoms with Crippen molar-refractivity contribution >= 4 is 21.9 Å².